The lowest BCUT2D eigenvalue weighted by atomic mass is 9.99. The van der Waals surface area contributed by atoms with Crippen LogP contribution in [0, 0.1) is 5.92 Å². The third kappa shape index (κ3) is 2.65. The monoisotopic (exact) mass is 256 g/mol. The number of rotatable bonds is 2. The highest BCUT2D eigenvalue weighted by Crippen LogP contribution is 2.18. The van der Waals surface area contributed by atoms with E-state index in [9.17, 15) is 4.79 Å². The molecular formula is C16H20N2O. The van der Waals surface area contributed by atoms with Crippen LogP contribution in [0.15, 0.2) is 30.5 Å². The summed E-state index contributed by atoms with van der Waals surface area (Å²) < 4.78 is 0. The molecule has 2 heterocycles. The van der Waals surface area contributed by atoms with E-state index in [2.05, 4.69) is 24.0 Å². The lowest BCUT2D eigenvalue weighted by Crippen LogP contribution is -2.39. The van der Waals surface area contributed by atoms with Crippen LogP contribution in [0.1, 0.15) is 25.3 Å². The van der Waals surface area contributed by atoms with Gasteiger partial charge in [0, 0.05) is 24.8 Å². The Balaban J connectivity index is 1.71. The summed E-state index contributed by atoms with van der Waals surface area (Å²) in [6.45, 7) is 4.08. The number of nitrogens with one attached hydrogen (secondary N) is 1. The van der Waals surface area contributed by atoms with Crippen LogP contribution in [-0.2, 0) is 11.2 Å². The van der Waals surface area contributed by atoms with Crippen LogP contribution in [0.4, 0.5) is 0 Å². The number of carbonyl (C=O) groups excluding carboxylic acids is 1. The molecule has 1 atom stereocenters. The van der Waals surface area contributed by atoms with Crippen LogP contribution < -0.4 is 0 Å². The molecule has 3 nitrogen and oxygen atoms in total. The lowest BCUT2D eigenvalue weighted by Gasteiger charge is -2.31. The van der Waals surface area contributed by atoms with Crippen molar-refractivity contribution in [3.8, 4) is 0 Å². The number of benzene rings is 1. The van der Waals surface area contributed by atoms with Gasteiger partial charge < -0.3 is 9.88 Å². The second kappa shape index (κ2) is 5.08. The molecule has 1 unspecified atom stereocenters. The Morgan fingerprint density at radius 3 is 3.16 bits per heavy atom. The number of amides is 1. The van der Waals surface area contributed by atoms with Crippen LogP contribution in [0.25, 0.3) is 10.9 Å². The lowest BCUT2D eigenvalue weighted by molar-refractivity contribution is -0.132. The highest BCUT2D eigenvalue weighted by Gasteiger charge is 2.20. The number of fused-ring (bicyclic) bond motifs is 1. The fraction of sp³-hybridized carbons (Fsp3) is 0.438. The molecule has 1 aromatic carbocycles. The Bertz CT molecular complexity index is 587. The number of piperidine rings is 1. The summed E-state index contributed by atoms with van der Waals surface area (Å²) in [5.74, 6) is 0.909. The van der Waals surface area contributed by atoms with Gasteiger partial charge in [0.1, 0.15) is 0 Å². The predicted octanol–water partition coefficient (Wildman–Crippen LogP) is 2.97. The topological polar surface area (TPSA) is 36.1 Å². The molecule has 1 aliphatic heterocycles. The van der Waals surface area contributed by atoms with Crippen molar-refractivity contribution in [2.24, 2.45) is 5.92 Å². The third-order valence-corrected chi connectivity index (χ3v) is 3.98. The third-order valence-electron chi connectivity index (χ3n) is 3.98. The number of hydrogen-bond donors (Lipinski definition) is 1. The number of likely N-dealkylation sites (tertiary alicyclic amines) is 1. The summed E-state index contributed by atoms with van der Waals surface area (Å²) in [6, 6.07) is 8.25. The standard InChI is InChI=1S/C16H20N2O/c1-12-3-2-8-18(11-12)16(19)10-13-4-5-15-14(9-13)6-7-17-15/h4-7,9,12,17H,2-3,8,10-11H2,1H3. The van der Waals surface area contributed by atoms with Gasteiger partial charge in [0.25, 0.3) is 0 Å². The minimum atomic E-state index is 0.265. The predicted molar refractivity (Wildman–Crippen MR) is 77.0 cm³/mol. The molecule has 19 heavy (non-hydrogen) atoms. The summed E-state index contributed by atoms with van der Waals surface area (Å²) in [5.41, 5.74) is 2.23. The molecule has 1 aromatic heterocycles. The van der Waals surface area contributed by atoms with E-state index >= 15 is 0 Å². The minimum Gasteiger partial charge on any atom is -0.361 e. The van der Waals surface area contributed by atoms with Gasteiger partial charge in [-0.05, 0) is 47.9 Å². The smallest absolute Gasteiger partial charge is 0.226 e. The second-order valence-electron chi connectivity index (χ2n) is 5.66. The Kier molecular flexibility index (Phi) is 3.28. The first-order valence-electron chi connectivity index (χ1n) is 7.06. The van der Waals surface area contributed by atoms with Crippen LogP contribution in [-0.4, -0.2) is 28.9 Å². The van der Waals surface area contributed by atoms with Crippen LogP contribution >= 0.6 is 0 Å². The van der Waals surface area contributed by atoms with Crippen molar-refractivity contribution in [1.82, 2.24) is 9.88 Å². The molecule has 0 saturated carbocycles. The number of H-pyrrole nitrogens is 1. The molecule has 0 spiro atoms. The Labute approximate surface area is 113 Å². The molecule has 0 bridgehead atoms. The first-order chi connectivity index (χ1) is 9.22. The van der Waals surface area contributed by atoms with Gasteiger partial charge in [-0.3, -0.25) is 4.79 Å². The van der Waals surface area contributed by atoms with Crippen molar-refractivity contribution < 1.29 is 4.79 Å². The molecule has 1 saturated heterocycles. The van der Waals surface area contributed by atoms with Gasteiger partial charge in [0.05, 0.1) is 6.42 Å². The second-order valence-corrected chi connectivity index (χ2v) is 5.66. The zero-order valence-electron chi connectivity index (χ0n) is 11.4. The number of hydrogen-bond acceptors (Lipinski definition) is 1. The Morgan fingerprint density at radius 1 is 1.42 bits per heavy atom. The summed E-state index contributed by atoms with van der Waals surface area (Å²) in [5, 5.41) is 1.18. The van der Waals surface area contributed by atoms with E-state index in [0.717, 1.165) is 30.6 Å². The molecule has 1 N–H and O–H groups in total. The number of nitrogens with zero attached hydrogens (tertiary/aromatic N) is 1. The number of aromatic amines is 1. The van der Waals surface area contributed by atoms with Crippen molar-refractivity contribution in [2.45, 2.75) is 26.2 Å². The molecule has 0 aliphatic carbocycles. The summed E-state index contributed by atoms with van der Waals surface area (Å²) in [4.78, 5) is 17.5. The van der Waals surface area contributed by atoms with E-state index in [1.54, 1.807) is 0 Å². The van der Waals surface area contributed by atoms with Crippen molar-refractivity contribution in [2.75, 3.05) is 13.1 Å². The first-order valence-corrected chi connectivity index (χ1v) is 7.06. The zero-order valence-corrected chi connectivity index (χ0v) is 11.4. The molecule has 1 aliphatic rings. The molecule has 3 rings (SSSR count). The van der Waals surface area contributed by atoms with Crippen molar-refractivity contribution in [3.63, 3.8) is 0 Å². The van der Waals surface area contributed by atoms with Gasteiger partial charge in [-0.1, -0.05) is 13.0 Å². The summed E-state index contributed by atoms with van der Waals surface area (Å²) >= 11 is 0. The molecule has 1 fully saturated rings. The van der Waals surface area contributed by atoms with E-state index in [1.165, 1.54) is 11.8 Å². The normalized spacial score (nSPS) is 19.8. The molecule has 3 heteroatoms. The molecular weight excluding hydrogens is 236 g/mol. The van der Waals surface area contributed by atoms with E-state index in [-0.39, 0.29) is 5.91 Å². The average molecular weight is 256 g/mol. The summed E-state index contributed by atoms with van der Waals surface area (Å²) in [6.07, 6.45) is 4.85. The van der Waals surface area contributed by atoms with Gasteiger partial charge in [0.2, 0.25) is 5.91 Å². The van der Waals surface area contributed by atoms with E-state index in [4.69, 9.17) is 0 Å². The van der Waals surface area contributed by atoms with Crippen LogP contribution in [0.2, 0.25) is 0 Å². The van der Waals surface area contributed by atoms with Crippen LogP contribution in [0.5, 0.6) is 0 Å². The summed E-state index contributed by atoms with van der Waals surface area (Å²) in [7, 11) is 0. The maximum Gasteiger partial charge on any atom is 0.226 e. The number of aromatic nitrogens is 1. The Morgan fingerprint density at radius 2 is 2.32 bits per heavy atom. The fourth-order valence-electron chi connectivity index (χ4n) is 2.92. The van der Waals surface area contributed by atoms with Gasteiger partial charge >= 0.3 is 0 Å². The molecule has 2 aromatic rings. The maximum atomic E-state index is 12.3. The first kappa shape index (κ1) is 12.3. The highest BCUT2D eigenvalue weighted by atomic mass is 16.2. The van der Waals surface area contributed by atoms with Crippen molar-refractivity contribution in [1.29, 1.82) is 0 Å². The largest absolute Gasteiger partial charge is 0.361 e. The maximum absolute atomic E-state index is 12.3. The quantitative estimate of drug-likeness (QED) is 0.881. The zero-order chi connectivity index (χ0) is 13.2. The number of carbonyl (C=O) groups is 1. The van der Waals surface area contributed by atoms with E-state index in [0.29, 0.717) is 12.3 Å². The minimum absolute atomic E-state index is 0.265. The average Bonchev–Trinajstić information content (AvgIpc) is 2.86. The van der Waals surface area contributed by atoms with Gasteiger partial charge in [-0.15, -0.1) is 0 Å². The van der Waals surface area contributed by atoms with Crippen molar-refractivity contribution in [3.05, 3.63) is 36.0 Å². The van der Waals surface area contributed by atoms with Gasteiger partial charge in [-0.25, -0.2) is 0 Å². The Hall–Kier alpha value is -1.77. The van der Waals surface area contributed by atoms with E-state index < -0.39 is 0 Å². The van der Waals surface area contributed by atoms with E-state index in [1.807, 2.05) is 23.2 Å². The molecule has 0 radical (unpaired) electrons. The molecule has 1 amide bonds. The SMILES string of the molecule is CC1CCCN(C(=O)Cc2ccc3[nH]ccc3c2)C1. The van der Waals surface area contributed by atoms with Crippen LogP contribution in [0.3, 0.4) is 0 Å². The fourth-order valence-corrected chi connectivity index (χ4v) is 2.92. The molecule has 100 valence electrons. The highest BCUT2D eigenvalue weighted by molar-refractivity contribution is 5.83. The van der Waals surface area contributed by atoms with Gasteiger partial charge in [-0.2, -0.15) is 0 Å². The van der Waals surface area contributed by atoms with Gasteiger partial charge in [0.15, 0.2) is 0 Å². The van der Waals surface area contributed by atoms with Crippen molar-refractivity contribution >= 4 is 16.8 Å².